The zero-order valence-electron chi connectivity index (χ0n) is 11.9. The van der Waals surface area contributed by atoms with Crippen molar-refractivity contribution in [3.05, 3.63) is 42.5 Å². The van der Waals surface area contributed by atoms with Gasteiger partial charge in [0, 0.05) is 13.5 Å². The predicted molar refractivity (Wildman–Crippen MR) is 78.2 cm³/mol. The van der Waals surface area contributed by atoms with Crippen LogP contribution >= 0.6 is 0 Å². The molecule has 5 heteroatoms. The highest BCUT2D eigenvalue weighted by Crippen LogP contribution is 2.34. The van der Waals surface area contributed by atoms with Gasteiger partial charge in [-0.3, -0.25) is 0 Å². The van der Waals surface area contributed by atoms with E-state index in [0.717, 1.165) is 23.2 Å². The second kappa shape index (κ2) is 7.61. The van der Waals surface area contributed by atoms with Crippen LogP contribution in [0.3, 0.4) is 0 Å². The average molecular weight is 290 g/mol. The molecule has 0 spiro atoms. The third kappa shape index (κ3) is 4.18. The van der Waals surface area contributed by atoms with Crippen molar-refractivity contribution in [2.24, 2.45) is 0 Å². The molecule has 1 heterocycles. The fraction of sp³-hybridized carbons (Fsp3) is 0.312. The lowest BCUT2D eigenvalue weighted by Crippen LogP contribution is -2.12. The van der Waals surface area contributed by atoms with Crippen LogP contribution in [0.4, 0.5) is 0 Å². The van der Waals surface area contributed by atoms with E-state index in [9.17, 15) is 4.79 Å². The quantitative estimate of drug-likeness (QED) is 0.418. The Hall–Kier alpha value is -2.11. The molecule has 0 bridgehead atoms. The molecule has 0 N–H and O–H groups in total. The maximum absolute atomic E-state index is 10.6. The van der Waals surface area contributed by atoms with Gasteiger partial charge in [0.25, 0.3) is 0 Å². The summed E-state index contributed by atoms with van der Waals surface area (Å²) in [6, 6.07) is 5.63. The van der Waals surface area contributed by atoms with E-state index in [1.165, 1.54) is 7.11 Å². The number of methoxy groups -OCH3 is 1. The average Bonchev–Trinajstić information content (AvgIpc) is 2.97. The lowest BCUT2D eigenvalue weighted by atomic mass is 10.1. The van der Waals surface area contributed by atoms with Crippen LogP contribution < -0.4 is 9.47 Å². The van der Waals surface area contributed by atoms with E-state index in [-0.39, 0.29) is 26.1 Å². The Labute approximate surface area is 123 Å². The molecule has 0 aromatic heterocycles. The van der Waals surface area contributed by atoms with Crippen LogP contribution in [0.5, 0.6) is 11.5 Å². The van der Waals surface area contributed by atoms with Crippen LogP contribution in [0.1, 0.15) is 12.0 Å². The zero-order valence-corrected chi connectivity index (χ0v) is 11.9. The summed E-state index contributed by atoms with van der Waals surface area (Å²) >= 11 is 0. The minimum Gasteiger partial charge on any atom is -0.454 e. The molecular weight excluding hydrogens is 272 g/mol. The third-order valence-corrected chi connectivity index (χ3v) is 2.98. The van der Waals surface area contributed by atoms with Crippen molar-refractivity contribution >= 4 is 11.9 Å². The van der Waals surface area contributed by atoms with E-state index in [1.54, 1.807) is 6.08 Å². The Morgan fingerprint density at radius 1 is 1.43 bits per heavy atom. The van der Waals surface area contributed by atoms with E-state index >= 15 is 0 Å². The molecule has 0 radical (unpaired) electrons. The molecule has 112 valence electrons. The number of allylic oxidation sites excluding steroid dienone is 2. The molecule has 0 saturated heterocycles. The van der Waals surface area contributed by atoms with Crippen LogP contribution in [0.25, 0.3) is 5.57 Å². The number of carbonyl (C=O) groups excluding carboxylic acids is 1. The second-order valence-electron chi connectivity index (χ2n) is 4.47. The smallest absolute Gasteiger partial charge is 0.231 e. The summed E-state index contributed by atoms with van der Waals surface area (Å²) in [4.78, 5) is 10.6. The molecule has 0 amide bonds. The van der Waals surface area contributed by atoms with Gasteiger partial charge in [-0.15, -0.1) is 0 Å². The van der Waals surface area contributed by atoms with Gasteiger partial charge >= 0.3 is 0 Å². The monoisotopic (exact) mass is 290 g/mol. The topological polar surface area (TPSA) is 54.0 Å². The van der Waals surface area contributed by atoms with Gasteiger partial charge < -0.3 is 23.7 Å². The first-order chi connectivity index (χ1) is 10.2. The highest BCUT2D eigenvalue weighted by molar-refractivity contribution is 5.74. The molecule has 0 saturated carbocycles. The number of benzene rings is 1. The molecule has 0 aliphatic carbocycles. The normalized spacial score (nSPS) is 14.3. The molecule has 1 aliphatic heterocycles. The van der Waals surface area contributed by atoms with Crippen molar-refractivity contribution in [3.63, 3.8) is 0 Å². The van der Waals surface area contributed by atoms with Crippen molar-refractivity contribution in [1.82, 2.24) is 0 Å². The van der Waals surface area contributed by atoms with Gasteiger partial charge in [0.05, 0.1) is 6.10 Å². The first-order valence-corrected chi connectivity index (χ1v) is 6.56. The number of carbonyl (C=O) groups is 1. The van der Waals surface area contributed by atoms with Crippen LogP contribution in [0.2, 0.25) is 0 Å². The van der Waals surface area contributed by atoms with E-state index in [1.807, 2.05) is 24.3 Å². The van der Waals surface area contributed by atoms with Crippen molar-refractivity contribution in [2.75, 3.05) is 20.7 Å². The highest BCUT2D eigenvalue weighted by Gasteiger charge is 2.13. The Bertz CT molecular complexity index is 535. The van der Waals surface area contributed by atoms with E-state index in [2.05, 4.69) is 6.58 Å². The molecular formula is C16H18O5. The van der Waals surface area contributed by atoms with Crippen molar-refractivity contribution < 1.29 is 23.7 Å². The largest absolute Gasteiger partial charge is 0.454 e. The molecule has 0 fully saturated rings. The molecule has 1 aromatic rings. The van der Waals surface area contributed by atoms with Crippen molar-refractivity contribution in [2.45, 2.75) is 12.5 Å². The first kappa shape index (κ1) is 15.3. The van der Waals surface area contributed by atoms with Gasteiger partial charge in [0.1, 0.15) is 13.1 Å². The van der Waals surface area contributed by atoms with Gasteiger partial charge in [-0.25, -0.2) is 0 Å². The first-order valence-electron chi connectivity index (χ1n) is 6.56. The minimum atomic E-state index is -0.326. The summed E-state index contributed by atoms with van der Waals surface area (Å²) in [7, 11) is 1.53. The summed E-state index contributed by atoms with van der Waals surface area (Å²) in [6.07, 6.45) is 4.37. The third-order valence-electron chi connectivity index (χ3n) is 2.98. The van der Waals surface area contributed by atoms with E-state index in [4.69, 9.17) is 18.9 Å². The van der Waals surface area contributed by atoms with Gasteiger partial charge in [-0.1, -0.05) is 24.8 Å². The molecule has 2 rings (SSSR count). The second-order valence-corrected chi connectivity index (χ2v) is 4.47. The predicted octanol–water partition coefficient (Wildman–Crippen LogP) is 2.56. The molecule has 1 unspecified atom stereocenters. The van der Waals surface area contributed by atoms with Gasteiger partial charge in [-0.2, -0.15) is 0 Å². The Morgan fingerprint density at radius 2 is 2.24 bits per heavy atom. The number of hydrogen-bond donors (Lipinski definition) is 0. The Kier molecular flexibility index (Phi) is 5.54. The van der Waals surface area contributed by atoms with E-state index < -0.39 is 0 Å². The molecule has 21 heavy (non-hydrogen) atoms. The lowest BCUT2D eigenvalue weighted by Gasteiger charge is -2.10. The van der Waals surface area contributed by atoms with Gasteiger partial charge in [0.15, 0.2) is 11.5 Å². The van der Waals surface area contributed by atoms with Crippen LogP contribution in [-0.4, -0.2) is 33.1 Å². The number of aldehydes is 1. The fourth-order valence-electron chi connectivity index (χ4n) is 1.87. The lowest BCUT2D eigenvalue weighted by molar-refractivity contribution is -0.112. The minimum absolute atomic E-state index is 0.138. The molecule has 1 aromatic carbocycles. The summed E-state index contributed by atoms with van der Waals surface area (Å²) < 4.78 is 20.8. The van der Waals surface area contributed by atoms with Crippen LogP contribution in [-0.2, 0) is 14.3 Å². The van der Waals surface area contributed by atoms with Crippen molar-refractivity contribution in [3.8, 4) is 11.5 Å². The molecule has 1 aliphatic rings. The molecule has 5 nitrogen and oxygen atoms in total. The Balaban J connectivity index is 2.01. The fourth-order valence-corrected chi connectivity index (χ4v) is 1.87. The number of rotatable bonds is 8. The van der Waals surface area contributed by atoms with E-state index in [0.29, 0.717) is 5.75 Å². The highest BCUT2D eigenvalue weighted by atomic mass is 16.7. The molecule has 1 atom stereocenters. The number of hydrogen-bond acceptors (Lipinski definition) is 5. The summed E-state index contributed by atoms with van der Waals surface area (Å²) in [5.41, 5.74) is 1.72. The standard InChI is InChI=1S/C16H18O5/c1-12(3-5-14(7-8-17)19-10-18-2)13-4-6-15-16(9-13)21-11-20-15/h3-6,8-9,14H,1,7,10-11H2,2H3/b5-3-. The van der Waals surface area contributed by atoms with Crippen molar-refractivity contribution in [1.29, 1.82) is 0 Å². The number of fused-ring (bicyclic) bond motifs is 1. The maximum atomic E-state index is 10.6. The summed E-state index contributed by atoms with van der Waals surface area (Å²) in [5.74, 6) is 1.44. The summed E-state index contributed by atoms with van der Waals surface area (Å²) in [5, 5.41) is 0. The number of ether oxygens (including phenoxy) is 4. The van der Waals surface area contributed by atoms with Gasteiger partial charge in [-0.05, 0) is 23.3 Å². The Morgan fingerprint density at radius 3 is 3.00 bits per heavy atom. The zero-order chi connectivity index (χ0) is 15.1. The SMILES string of the molecule is C=C(/C=C\C(CC=O)OCOC)c1ccc2c(c1)OCO2. The van der Waals surface area contributed by atoms with Crippen LogP contribution in [0.15, 0.2) is 36.9 Å². The van der Waals surface area contributed by atoms with Gasteiger partial charge in [0.2, 0.25) is 6.79 Å². The maximum Gasteiger partial charge on any atom is 0.231 e. The summed E-state index contributed by atoms with van der Waals surface area (Å²) in [6.45, 7) is 4.39. The van der Waals surface area contributed by atoms with Crippen LogP contribution in [0, 0.1) is 0 Å².